The van der Waals surface area contributed by atoms with Gasteiger partial charge in [0.1, 0.15) is 6.10 Å². The third-order valence-electron chi connectivity index (χ3n) is 1.15. The smallest absolute Gasteiger partial charge is 0.433 e. The third-order valence-corrected chi connectivity index (χ3v) is 2.20. The van der Waals surface area contributed by atoms with Crippen LogP contribution in [0, 0.1) is 0 Å². The first-order chi connectivity index (χ1) is 5.72. The van der Waals surface area contributed by atoms with Crippen LogP contribution in [0.3, 0.4) is 0 Å². The molecule has 1 heterocycles. The number of carbonyl (C=O) groups is 1. The Kier molecular flexibility index (Phi) is 3.21. The van der Waals surface area contributed by atoms with Crippen molar-refractivity contribution in [2.24, 2.45) is 5.16 Å². The van der Waals surface area contributed by atoms with Gasteiger partial charge in [-0.15, -0.1) is 0 Å². The minimum atomic E-state index is -0.591. The van der Waals surface area contributed by atoms with Crippen molar-refractivity contribution in [3.63, 3.8) is 0 Å². The van der Waals surface area contributed by atoms with E-state index in [9.17, 15) is 4.79 Å². The molecule has 68 valence electrons. The van der Waals surface area contributed by atoms with Crippen LogP contribution in [0.25, 0.3) is 0 Å². The fourth-order valence-corrected chi connectivity index (χ4v) is 1.37. The number of hydrogen-bond acceptors (Lipinski definition) is 5. The molecule has 0 aliphatic carbocycles. The van der Waals surface area contributed by atoms with Gasteiger partial charge < -0.3 is 10.1 Å². The first kappa shape index (κ1) is 9.18. The number of nitrogens with zero attached hydrogens (tertiary/aromatic N) is 1. The van der Waals surface area contributed by atoms with E-state index in [1.165, 1.54) is 18.8 Å². The highest BCUT2D eigenvalue weighted by Gasteiger charge is 2.19. The first-order valence-electron chi connectivity index (χ1n) is 3.48. The Morgan fingerprint density at radius 2 is 2.67 bits per heavy atom. The molecule has 0 aromatic heterocycles. The Balaban J connectivity index is 2.33. The van der Waals surface area contributed by atoms with E-state index >= 15 is 0 Å². The molecule has 1 amide bonds. The summed E-state index contributed by atoms with van der Waals surface area (Å²) < 4.78 is 5.16. The van der Waals surface area contributed by atoms with Crippen molar-refractivity contribution in [2.75, 3.05) is 12.8 Å². The molecule has 0 aromatic rings. The molecule has 0 aromatic carbocycles. The lowest BCUT2D eigenvalue weighted by atomic mass is 10.5. The van der Waals surface area contributed by atoms with E-state index in [1.807, 2.05) is 6.92 Å². The lowest BCUT2D eigenvalue weighted by molar-refractivity contribution is 0.146. The Hall–Kier alpha value is -0.910. The van der Waals surface area contributed by atoms with E-state index in [-0.39, 0.29) is 6.10 Å². The Morgan fingerprint density at radius 3 is 3.17 bits per heavy atom. The summed E-state index contributed by atoms with van der Waals surface area (Å²) in [6, 6.07) is 0. The summed E-state index contributed by atoms with van der Waals surface area (Å²) in [6.07, 6.45) is -0.451. The molecule has 6 heteroatoms. The van der Waals surface area contributed by atoms with Crippen molar-refractivity contribution < 1.29 is 14.4 Å². The van der Waals surface area contributed by atoms with Crippen molar-refractivity contribution in [1.82, 2.24) is 5.32 Å². The maximum absolute atomic E-state index is 10.5. The maximum atomic E-state index is 10.5. The third kappa shape index (κ3) is 2.61. The van der Waals surface area contributed by atoms with E-state index in [4.69, 9.17) is 4.74 Å². The molecule has 1 aliphatic rings. The number of oxime groups is 1. The van der Waals surface area contributed by atoms with Crippen molar-refractivity contribution >= 4 is 23.1 Å². The summed E-state index contributed by atoms with van der Waals surface area (Å²) >= 11 is 1.43. The van der Waals surface area contributed by atoms with Gasteiger partial charge in [0.25, 0.3) is 5.23 Å². The lowest BCUT2D eigenvalue weighted by Crippen LogP contribution is -2.17. The molecule has 0 saturated carbocycles. The quantitative estimate of drug-likeness (QED) is 0.490. The van der Waals surface area contributed by atoms with Crippen molar-refractivity contribution in [3.8, 4) is 0 Å². The SMILES string of the molecule is CNC(=O)O/N=C1\OC(C)CS1. The summed E-state index contributed by atoms with van der Waals surface area (Å²) in [5.41, 5.74) is 0. The van der Waals surface area contributed by atoms with Crippen molar-refractivity contribution in [2.45, 2.75) is 13.0 Å². The van der Waals surface area contributed by atoms with Gasteiger partial charge in [0.15, 0.2) is 0 Å². The molecule has 12 heavy (non-hydrogen) atoms. The number of rotatable bonds is 1. The number of thioether (sulfide) groups is 1. The van der Waals surface area contributed by atoms with Crippen LogP contribution < -0.4 is 5.32 Å². The molecule has 0 bridgehead atoms. The van der Waals surface area contributed by atoms with Gasteiger partial charge >= 0.3 is 6.09 Å². The van der Waals surface area contributed by atoms with Gasteiger partial charge in [-0.2, -0.15) is 0 Å². The standard InChI is InChI=1S/C6H10N2O3S/c1-4-3-12-6(10-4)8-11-5(9)7-2/h4H,3H2,1-2H3,(H,7,9)/b8-6+. The van der Waals surface area contributed by atoms with Gasteiger partial charge in [0.2, 0.25) is 0 Å². The number of nitrogens with one attached hydrogen (secondary N) is 1. The van der Waals surface area contributed by atoms with Crippen LogP contribution >= 0.6 is 11.8 Å². The van der Waals surface area contributed by atoms with Crippen LogP contribution in [0.5, 0.6) is 0 Å². The van der Waals surface area contributed by atoms with Gasteiger partial charge in [-0.05, 0) is 12.1 Å². The summed E-state index contributed by atoms with van der Waals surface area (Å²) in [7, 11) is 1.47. The monoisotopic (exact) mass is 190 g/mol. The second-order valence-corrected chi connectivity index (χ2v) is 3.20. The summed E-state index contributed by atoms with van der Waals surface area (Å²) in [6.45, 7) is 1.93. The molecule has 5 nitrogen and oxygen atoms in total. The minimum Gasteiger partial charge on any atom is -0.467 e. The summed E-state index contributed by atoms with van der Waals surface area (Å²) in [5.74, 6) is 0.843. The van der Waals surface area contributed by atoms with E-state index in [0.717, 1.165) is 5.75 Å². The number of carbonyl (C=O) groups excluding carboxylic acids is 1. The van der Waals surface area contributed by atoms with E-state index < -0.39 is 6.09 Å². The second-order valence-electron chi connectivity index (χ2n) is 2.23. The Labute approximate surface area is 74.5 Å². The average Bonchev–Trinajstić information content (AvgIpc) is 2.47. The van der Waals surface area contributed by atoms with E-state index in [0.29, 0.717) is 5.23 Å². The molecule has 0 spiro atoms. The van der Waals surface area contributed by atoms with Crippen LogP contribution in [0.1, 0.15) is 6.92 Å². The highest BCUT2D eigenvalue weighted by molar-refractivity contribution is 8.13. The van der Waals surface area contributed by atoms with Gasteiger partial charge in [0.05, 0.1) is 0 Å². The number of hydrogen-bond donors (Lipinski definition) is 1. The van der Waals surface area contributed by atoms with Gasteiger partial charge in [-0.25, -0.2) is 4.79 Å². The van der Waals surface area contributed by atoms with Crippen LogP contribution in [-0.2, 0) is 9.57 Å². The highest BCUT2D eigenvalue weighted by Crippen LogP contribution is 2.19. The van der Waals surface area contributed by atoms with Gasteiger partial charge in [-0.3, -0.25) is 4.84 Å². The largest absolute Gasteiger partial charge is 0.467 e. The molecular weight excluding hydrogens is 180 g/mol. The maximum Gasteiger partial charge on any atom is 0.433 e. The van der Waals surface area contributed by atoms with Crippen molar-refractivity contribution in [3.05, 3.63) is 0 Å². The lowest BCUT2D eigenvalue weighted by Gasteiger charge is -1.99. The summed E-state index contributed by atoms with van der Waals surface area (Å²) in [5, 5.41) is 6.17. The van der Waals surface area contributed by atoms with Crippen LogP contribution in [-0.4, -0.2) is 30.2 Å². The van der Waals surface area contributed by atoms with Gasteiger partial charge in [-0.1, -0.05) is 11.8 Å². The molecule has 0 radical (unpaired) electrons. The fraction of sp³-hybridized carbons (Fsp3) is 0.667. The average molecular weight is 190 g/mol. The number of ether oxygens (including phenoxy) is 1. The van der Waals surface area contributed by atoms with Crippen LogP contribution in [0.15, 0.2) is 5.16 Å². The molecular formula is C6H10N2O3S. The normalized spacial score (nSPS) is 25.2. The number of amides is 1. The zero-order valence-corrected chi connectivity index (χ0v) is 7.68. The zero-order valence-electron chi connectivity index (χ0n) is 6.86. The fourth-order valence-electron chi connectivity index (χ4n) is 0.601. The first-order valence-corrected chi connectivity index (χ1v) is 4.47. The Morgan fingerprint density at radius 1 is 1.92 bits per heavy atom. The molecule has 1 atom stereocenters. The highest BCUT2D eigenvalue weighted by atomic mass is 32.2. The van der Waals surface area contributed by atoms with Crippen LogP contribution in [0.4, 0.5) is 4.79 Å². The minimum absolute atomic E-state index is 0.141. The Bertz CT molecular complexity index is 207. The second kappa shape index (κ2) is 4.20. The van der Waals surface area contributed by atoms with Crippen LogP contribution in [0.2, 0.25) is 0 Å². The molecule has 1 saturated heterocycles. The predicted octanol–water partition coefficient (Wildman–Crippen LogP) is 0.765. The molecule has 1 fully saturated rings. The van der Waals surface area contributed by atoms with Gasteiger partial charge in [0, 0.05) is 12.8 Å². The molecule has 1 unspecified atom stereocenters. The molecule has 1 N–H and O–H groups in total. The molecule has 1 aliphatic heterocycles. The summed E-state index contributed by atoms with van der Waals surface area (Å²) in [4.78, 5) is 15.0. The zero-order chi connectivity index (χ0) is 8.97. The van der Waals surface area contributed by atoms with Crippen molar-refractivity contribution in [1.29, 1.82) is 0 Å². The van der Waals surface area contributed by atoms with E-state index in [2.05, 4.69) is 15.3 Å². The predicted molar refractivity (Wildman–Crippen MR) is 46.0 cm³/mol. The topological polar surface area (TPSA) is 59.9 Å². The van der Waals surface area contributed by atoms with E-state index in [1.54, 1.807) is 0 Å². The molecule has 1 rings (SSSR count).